The lowest BCUT2D eigenvalue weighted by molar-refractivity contribution is -0.0494. The van der Waals surface area contributed by atoms with E-state index in [1.165, 1.54) is 29.2 Å². The van der Waals surface area contributed by atoms with Gasteiger partial charge in [-0.25, -0.2) is 8.78 Å². The van der Waals surface area contributed by atoms with Gasteiger partial charge < -0.3 is 14.9 Å². The minimum absolute atomic E-state index is 0.0379. The zero-order chi connectivity index (χ0) is 14.0. The van der Waals surface area contributed by atoms with Crippen molar-refractivity contribution < 1.29 is 23.6 Å². The Bertz CT molecular complexity index is 455. The second kappa shape index (κ2) is 5.26. The summed E-state index contributed by atoms with van der Waals surface area (Å²) in [5, 5.41) is 17.9. The molecule has 19 heavy (non-hydrogen) atoms. The molecule has 1 aromatic carbocycles. The Morgan fingerprint density at radius 2 is 1.68 bits per heavy atom. The molecule has 1 aliphatic heterocycles. The van der Waals surface area contributed by atoms with Crippen LogP contribution in [0.25, 0.3) is 0 Å². The maximum Gasteiger partial charge on any atom is 0.488 e. The predicted molar refractivity (Wildman–Crippen MR) is 66.4 cm³/mol. The normalized spacial score (nSPS) is 18.2. The van der Waals surface area contributed by atoms with Crippen LogP contribution >= 0.6 is 0 Å². The van der Waals surface area contributed by atoms with Gasteiger partial charge in [0.05, 0.1) is 0 Å². The highest BCUT2D eigenvalue weighted by atomic mass is 19.3. The van der Waals surface area contributed by atoms with Crippen molar-refractivity contribution in [3.05, 3.63) is 29.8 Å². The van der Waals surface area contributed by atoms with E-state index in [1.807, 2.05) is 0 Å². The lowest BCUT2D eigenvalue weighted by atomic mass is 9.80. The van der Waals surface area contributed by atoms with Gasteiger partial charge in [0.1, 0.15) is 0 Å². The SMILES string of the molecule is O=C(c1ccc(B(O)O)cc1)N1CCC(F)(F)CC1. The maximum absolute atomic E-state index is 13.0. The Kier molecular flexibility index (Phi) is 3.87. The molecule has 102 valence electrons. The molecule has 1 aliphatic rings. The van der Waals surface area contributed by atoms with Crippen molar-refractivity contribution in [3.63, 3.8) is 0 Å². The Balaban J connectivity index is 2.04. The lowest BCUT2D eigenvalue weighted by Gasteiger charge is -2.31. The molecule has 1 saturated heterocycles. The van der Waals surface area contributed by atoms with Crippen LogP contribution in [-0.4, -0.2) is 47.0 Å². The number of hydrogen-bond donors (Lipinski definition) is 2. The number of rotatable bonds is 2. The highest BCUT2D eigenvalue weighted by Crippen LogP contribution is 2.28. The molecule has 0 spiro atoms. The van der Waals surface area contributed by atoms with Gasteiger partial charge in [-0.3, -0.25) is 4.79 Å². The van der Waals surface area contributed by atoms with Crippen molar-refractivity contribution >= 4 is 18.5 Å². The molecule has 1 heterocycles. The Morgan fingerprint density at radius 3 is 2.16 bits per heavy atom. The fraction of sp³-hybridized carbons (Fsp3) is 0.417. The summed E-state index contributed by atoms with van der Waals surface area (Å²) in [5.74, 6) is -2.99. The number of halogens is 2. The van der Waals surface area contributed by atoms with E-state index in [0.717, 1.165) is 0 Å². The summed E-state index contributed by atoms with van der Waals surface area (Å²) < 4.78 is 26.0. The number of likely N-dealkylation sites (tertiary alicyclic amines) is 1. The number of hydrogen-bond acceptors (Lipinski definition) is 3. The van der Waals surface area contributed by atoms with E-state index in [4.69, 9.17) is 10.0 Å². The van der Waals surface area contributed by atoms with Gasteiger partial charge in [-0.15, -0.1) is 0 Å². The van der Waals surface area contributed by atoms with E-state index in [0.29, 0.717) is 5.56 Å². The molecule has 0 unspecified atom stereocenters. The van der Waals surface area contributed by atoms with E-state index < -0.39 is 13.0 Å². The zero-order valence-corrected chi connectivity index (χ0v) is 10.2. The summed E-state index contributed by atoms with van der Waals surface area (Å²) in [6.45, 7) is 0.0758. The molecule has 0 aliphatic carbocycles. The summed E-state index contributed by atoms with van der Waals surface area (Å²) in [6, 6.07) is 5.78. The average molecular weight is 269 g/mol. The molecular formula is C12H14BF2NO3. The van der Waals surface area contributed by atoms with Gasteiger partial charge in [-0.2, -0.15) is 0 Å². The van der Waals surface area contributed by atoms with Crippen LogP contribution in [0.1, 0.15) is 23.2 Å². The second-order valence-corrected chi connectivity index (χ2v) is 4.64. The number of carbonyl (C=O) groups excluding carboxylic acids is 1. The molecule has 1 amide bonds. The molecule has 0 atom stereocenters. The van der Waals surface area contributed by atoms with E-state index in [-0.39, 0.29) is 37.3 Å². The van der Waals surface area contributed by atoms with E-state index in [1.54, 1.807) is 0 Å². The summed E-state index contributed by atoms with van der Waals surface area (Å²) in [6.07, 6.45) is -0.627. The molecule has 1 aromatic rings. The average Bonchev–Trinajstić information content (AvgIpc) is 2.38. The largest absolute Gasteiger partial charge is 0.488 e. The van der Waals surface area contributed by atoms with Gasteiger partial charge in [-0.05, 0) is 17.6 Å². The first kappa shape index (κ1) is 14.0. The van der Waals surface area contributed by atoms with E-state index in [9.17, 15) is 13.6 Å². The molecule has 1 fully saturated rings. The number of carbonyl (C=O) groups is 1. The molecule has 7 heteroatoms. The number of nitrogens with zero attached hydrogens (tertiary/aromatic N) is 1. The minimum Gasteiger partial charge on any atom is -0.423 e. The molecule has 2 N–H and O–H groups in total. The quantitative estimate of drug-likeness (QED) is 0.756. The van der Waals surface area contributed by atoms with Gasteiger partial charge in [0.15, 0.2) is 0 Å². The van der Waals surface area contributed by atoms with Crippen LogP contribution in [0.2, 0.25) is 0 Å². The first-order chi connectivity index (χ1) is 8.89. The zero-order valence-electron chi connectivity index (χ0n) is 10.2. The molecule has 0 bridgehead atoms. The highest BCUT2D eigenvalue weighted by Gasteiger charge is 2.35. The standard InChI is InChI=1S/C12H14BF2NO3/c14-12(15)5-7-16(8-6-12)11(17)9-1-3-10(4-2-9)13(18)19/h1-4,18-19H,5-8H2. The van der Waals surface area contributed by atoms with Gasteiger partial charge in [0.2, 0.25) is 0 Å². The van der Waals surface area contributed by atoms with Crippen LogP contribution in [0.4, 0.5) is 8.78 Å². The van der Waals surface area contributed by atoms with Crippen molar-refractivity contribution in [1.82, 2.24) is 4.90 Å². The van der Waals surface area contributed by atoms with Crippen LogP contribution in [0.15, 0.2) is 24.3 Å². The Hall–Kier alpha value is -1.47. The van der Waals surface area contributed by atoms with Crippen molar-refractivity contribution in [1.29, 1.82) is 0 Å². The van der Waals surface area contributed by atoms with Crippen molar-refractivity contribution in [2.75, 3.05) is 13.1 Å². The third-order valence-corrected chi connectivity index (χ3v) is 3.24. The molecule has 0 radical (unpaired) electrons. The van der Waals surface area contributed by atoms with Crippen LogP contribution in [-0.2, 0) is 0 Å². The minimum atomic E-state index is -2.68. The van der Waals surface area contributed by atoms with Gasteiger partial charge in [-0.1, -0.05) is 12.1 Å². The number of alkyl halides is 2. The Morgan fingerprint density at radius 1 is 1.16 bits per heavy atom. The first-order valence-corrected chi connectivity index (χ1v) is 6.02. The number of piperidine rings is 1. The van der Waals surface area contributed by atoms with E-state index >= 15 is 0 Å². The molecule has 2 rings (SSSR count). The lowest BCUT2D eigenvalue weighted by Crippen LogP contribution is -2.42. The van der Waals surface area contributed by atoms with E-state index in [2.05, 4.69) is 0 Å². The molecule has 4 nitrogen and oxygen atoms in total. The van der Waals surface area contributed by atoms with Crippen molar-refractivity contribution in [2.24, 2.45) is 0 Å². The topological polar surface area (TPSA) is 60.8 Å². The van der Waals surface area contributed by atoms with Crippen molar-refractivity contribution in [3.8, 4) is 0 Å². The van der Waals surface area contributed by atoms with Gasteiger partial charge >= 0.3 is 7.12 Å². The smallest absolute Gasteiger partial charge is 0.423 e. The van der Waals surface area contributed by atoms with Crippen molar-refractivity contribution in [2.45, 2.75) is 18.8 Å². The van der Waals surface area contributed by atoms with Crippen LogP contribution in [0.5, 0.6) is 0 Å². The fourth-order valence-corrected chi connectivity index (χ4v) is 2.02. The summed E-state index contributed by atoms with van der Waals surface area (Å²) in [5.41, 5.74) is 0.636. The molecule has 0 aromatic heterocycles. The number of amides is 1. The Labute approximate surface area is 109 Å². The summed E-state index contributed by atoms with van der Waals surface area (Å²) in [7, 11) is -1.59. The van der Waals surface area contributed by atoms with Crippen LogP contribution in [0.3, 0.4) is 0 Å². The summed E-state index contributed by atoms with van der Waals surface area (Å²) >= 11 is 0. The number of benzene rings is 1. The molecular weight excluding hydrogens is 255 g/mol. The first-order valence-electron chi connectivity index (χ1n) is 6.02. The predicted octanol–water partition coefficient (Wildman–Crippen LogP) is 0.238. The fourth-order valence-electron chi connectivity index (χ4n) is 2.02. The maximum atomic E-state index is 13.0. The van der Waals surface area contributed by atoms with Crippen LogP contribution in [0, 0.1) is 0 Å². The highest BCUT2D eigenvalue weighted by molar-refractivity contribution is 6.58. The van der Waals surface area contributed by atoms with Gasteiger partial charge in [0.25, 0.3) is 11.8 Å². The third-order valence-electron chi connectivity index (χ3n) is 3.24. The van der Waals surface area contributed by atoms with Crippen LogP contribution < -0.4 is 5.46 Å². The third kappa shape index (κ3) is 3.30. The summed E-state index contributed by atoms with van der Waals surface area (Å²) in [4.78, 5) is 13.4. The van der Waals surface area contributed by atoms with Gasteiger partial charge in [0, 0.05) is 31.5 Å². The second-order valence-electron chi connectivity index (χ2n) is 4.64. The monoisotopic (exact) mass is 269 g/mol. The molecule has 0 saturated carbocycles.